The largest absolute Gasteiger partial charge is 0.356 e. The van der Waals surface area contributed by atoms with E-state index in [1.807, 2.05) is 0 Å². The summed E-state index contributed by atoms with van der Waals surface area (Å²) >= 11 is 0. The number of nitrogens with zero attached hydrogens (tertiary/aromatic N) is 3. The van der Waals surface area contributed by atoms with Gasteiger partial charge in [-0.3, -0.25) is 9.69 Å². The van der Waals surface area contributed by atoms with E-state index in [-0.39, 0.29) is 36.4 Å². The van der Waals surface area contributed by atoms with Crippen LogP contribution in [0.25, 0.3) is 0 Å². The summed E-state index contributed by atoms with van der Waals surface area (Å²) in [5.41, 5.74) is 0. The van der Waals surface area contributed by atoms with Gasteiger partial charge in [0, 0.05) is 45.3 Å². The molecule has 26 heavy (non-hydrogen) atoms. The molecule has 0 aromatic carbocycles. The standard InChI is InChI=1S/C19H39N5O.HI/c1-15(2)24(16(3)4)13-9-12-20-19(21-14-18(25)23(5)6)22-17-10-7-8-11-17;/h15-17H,7-14H2,1-6H3,(H2,20,21,22);1H. The number of aliphatic imine (C=N–C) groups is 1. The summed E-state index contributed by atoms with van der Waals surface area (Å²) < 4.78 is 0. The predicted molar refractivity (Wildman–Crippen MR) is 121 cm³/mol. The number of carbonyl (C=O) groups is 1. The Hall–Kier alpha value is -0.570. The monoisotopic (exact) mass is 481 g/mol. The highest BCUT2D eigenvalue weighted by Crippen LogP contribution is 2.17. The molecule has 0 aromatic heterocycles. The van der Waals surface area contributed by atoms with E-state index >= 15 is 0 Å². The number of halogens is 1. The lowest BCUT2D eigenvalue weighted by Gasteiger charge is -2.30. The van der Waals surface area contributed by atoms with E-state index in [4.69, 9.17) is 0 Å². The molecule has 1 saturated carbocycles. The topological polar surface area (TPSA) is 60.0 Å². The van der Waals surface area contributed by atoms with Gasteiger partial charge in [0.15, 0.2) is 5.96 Å². The van der Waals surface area contributed by atoms with Crippen LogP contribution in [0.15, 0.2) is 4.99 Å². The van der Waals surface area contributed by atoms with Gasteiger partial charge in [0.1, 0.15) is 6.54 Å². The van der Waals surface area contributed by atoms with Crippen molar-refractivity contribution in [3.63, 3.8) is 0 Å². The minimum Gasteiger partial charge on any atom is -0.356 e. The second kappa shape index (κ2) is 13.6. The SMILES string of the molecule is CC(C)N(CCCNC(=NCC(=O)N(C)C)NC1CCCC1)C(C)C.I. The first-order valence-corrected chi connectivity index (χ1v) is 9.82. The van der Waals surface area contributed by atoms with E-state index in [2.05, 4.69) is 48.2 Å². The molecule has 0 aliphatic heterocycles. The molecule has 0 atom stereocenters. The van der Waals surface area contributed by atoms with Gasteiger partial charge in [0.2, 0.25) is 5.91 Å². The molecule has 0 unspecified atom stereocenters. The predicted octanol–water partition coefficient (Wildman–Crippen LogP) is 2.68. The molecule has 1 aliphatic rings. The smallest absolute Gasteiger partial charge is 0.243 e. The Bertz CT molecular complexity index is 412. The van der Waals surface area contributed by atoms with Crippen molar-refractivity contribution in [1.29, 1.82) is 0 Å². The number of guanidine groups is 1. The van der Waals surface area contributed by atoms with Gasteiger partial charge < -0.3 is 15.5 Å². The first-order valence-electron chi connectivity index (χ1n) is 9.82. The lowest BCUT2D eigenvalue weighted by Crippen LogP contribution is -2.44. The van der Waals surface area contributed by atoms with Crippen LogP contribution in [0.5, 0.6) is 0 Å². The van der Waals surface area contributed by atoms with Crippen LogP contribution in [0.4, 0.5) is 0 Å². The van der Waals surface area contributed by atoms with E-state index in [1.54, 1.807) is 19.0 Å². The number of rotatable bonds is 9. The molecule has 0 bridgehead atoms. The zero-order valence-electron chi connectivity index (χ0n) is 17.5. The molecular weight excluding hydrogens is 441 g/mol. The summed E-state index contributed by atoms with van der Waals surface area (Å²) in [6.07, 6.45) is 6.00. The van der Waals surface area contributed by atoms with Crippen LogP contribution in [0.1, 0.15) is 59.8 Å². The highest BCUT2D eigenvalue weighted by molar-refractivity contribution is 14.0. The maximum atomic E-state index is 11.8. The Balaban J connectivity index is 0.00000625. The number of likely N-dealkylation sites (N-methyl/N-ethyl adjacent to an activating group) is 1. The fraction of sp³-hybridized carbons (Fsp3) is 0.895. The summed E-state index contributed by atoms with van der Waals surface area (Å²) in [6, 6.07) is 1.61. The van der Waals surface area contributed by atoms with Crippen LogP contribution in [-0.4, -0.2) is 73.5 Å². The average molecular weight is 481 g/mol. The van der Waals surface area contributed by atoms with Crippen molar-refractivity contribution in [1.82, 2.24) is 20.4 Å². The molecule has 0 spiro atoms. The third-order valence-electron chi connectivity index (χ3n) is 4.78. The molecule has 1 fully saturated rings. The van der Waals surface area contributed by atoms with Crippen molar-refractivity contribution in [2.24, 2.45) is 4.99 Å². The minimum absolute atomic E-state index is 0. The molecule has 2 N–H and O–H groups in total. The second-order valence-corrected chi connectivity index (χ2v) is 7.78. The van der Waals surface area contributed by atoms with Crippen LogP contribution in [0.3, 0.4) is 0 Å². The van der Waals surface area contributed by atoms with E-state index in [0.717, 1.165) is 25.5 Å². The van der Waals surface area contributed by atoms with Crippen molar-refractivity contribution < 1.29 is 4.79 Å². The van der Waals surface area contributed by atoms with Crippen LogP contribution in [-0.2, 0) is 4.79 Å². The molecule has 154 valence electrons. The van der Waals surface area contributed by atoms with Crippen LogP contribution in [0.2, 0.25) is 0 Å². The summed E-state index contributed by atoms with van der Waals surface area (Å²) in [5, 5.41) is 6.91. The third-order valence-corrected chi connectivity index (χ3v) is 4.78. The number of carbonyl (C=O) groups excluding carboxylic acids is 1. The zero-order chi connectivity index (χ0) is 18.8. The number of nitrogens with one attached hydrogen (secondary N) is 2. The van der Waals surface area contributed by atoms with E-state index in [9.17, 15) is 4.79 Å². The summed E-state index contributed by atoms with van der Waals surface area (Å²) in [5.74, 6) is 0.807. The first kappa shape index (κ1) is 25.4. The number of hydrogen-bond donors (Lipinski definition) is 2. The number of hydrogen-bond acceptors (Lipinski definition) is 3. The normalized spacial score (nSPS) is 15.5. The second-order valence-electron chi connectivity index (χ2n) is 7.78. The van der Waals surface area contributed by atoms with Crippen molar-refractivity contribution >= 4 is 35.8 Å². The van der Waals surface area contributed by atoms with Crippen LogP contribution in [0, 0.1) is 0 Å². The van der Waals surface area contributed by atoms with Crippen molar-refractivity contribution in [2.75, 3.05) is 33.7 Å². The molecule has 0 aromatic rings. The first-order chi connectivity index (χ1) is 11.8. The lowest BCUT2D eigenvalue weighted by atomic mass is 10.2. The lowest BCUT2D eigenvalue weighted by molar-refractivity contribution is -0.127. The molecule has 1 aliphatic carbocycles. The van der Waals surface area contributed by atoms with Gasteiger partial charge in [-0.05, 0) is 47.0 Å². The fourth-order valence-electron chi connectivity index (χ4n) is 3.29. The Morgan fingerprint density at radius 3 is 2.19 bits per heavy atom. The molecule has 0 saturated heterocycles. The Morgan fingerprint density at radius 2 is 1.69 bits per heavy atom. The molecule has 0 heterocycles. The summed E-state index contributed by atoms with van der Waals surface area (Å²) in [4.78, 5) is 20.4. The highest BCUT2D eigenvalue weighted by Gasteiger charge is 2.17. The Kier molecular flexibility index (Phi) is 13.3. The fourth-order valence-corrected chi connectivity index (χ4v) is 3.29. The molecule has 0 radical (unpaired) electrons. The van der Waals surface area contributed by atoms with Crippen LogP contribution >= 0.6 is 24.0 Å². The third kappa shape index (κ3) is 9.94. The molecule has 7 heteroatoms. The van der Waals surface area contributed by atoms with Crippen molar-refractivity contribution in [3.05, 3.63) is 0 Å². The zero-order valence-corrected chi connectivity index (χ0v) is 19.9. The summed E-state index contributed by atoms with van der Waals surface area (Å²) in [7, 11) is 3.53. The molecule has 6 nitrogen and oxygen atoms in total. The Morgan fingerprint density at radius 1 is 1.12 bits per heavy atom. The van der Waals surface area contributed by atoms with Crippen LogP contribution < -0.4 is 10.6 Å². The number of amides is 1. The highest BCUT2D eigenvalue weighted by atomic mass is 127. The molecule has 1 rings (SSSR count). The van der Waals surface area contributed by atoms with E-state index in [0.29, 0.717) is 18.1 Å². The Labute approximate surface area is 177 Å². The van der Waals surface area contributed by atoms with Gasteiger partial charge in [0.05, 0.1) is 0 Å². The van der Waals surface area contributed by atoms with E-state index in [1.165, 1.54) is 25.7 Å². The molecular formula is C19H40IN5O. The quantitative estimate of drug-likeness (QED) is 0.230. The summed E-state index contributed by atoms with van der Waals surface area (Å²) in [6.45, 7) is 11.1. The van der Waals surface area contributed by atoms with Gasteiger partial charge in [-0.1, -0.05) is 12.8 Å². The van der Waals surface area contributed by atoms with Crippen molar-refractivity contribution in [2.45, 2.75) is 77.9 Å². The minimum atomic E-state index is 0. The van der Waals surface area contributed by atoms with E-state index < -0.39 is 0 Å². The average Bonchev–Trinajstić information content (AvgIpc) is 3.03. The maximum absolute atomic E-state index is 11.8. The molecule has 1 amide bonds. The van der Waals surface area contributed by atoms with Gasteiger partial charge in [0.25, 0.3) is 0 Å². The van der Waals surface area contributed by atoms with Gasteiger partial charge in [-0.2, -0.15) is 0 Å². The van der Waals surface area contributed by atoms with Gasteiger partial charge in [-0.15, -0.1) is 24.0 Å². The van der Waals surface area contributed by atoms with Gasteiger partial charge >= 0.3 is 0 Å². The van der Waals surface area contributed by atoms with Gasteiger partial charge in [-0.25, -0.2) is 4.99 Å². The van der Waals surface area contributed by atoms with Crippen molar-refractivity contribution in [3.8, 4) is 0 Å². The maximum Gasteiger partial charge on any atom is 0.243 e.